The van der Waals surface area contributed by atoms with Crippen molar-refractivity contribution in [3.63, 3.8) is 0 Å². The molecule has 0 aliphatic carbocycles. The summed E-state index contributed by atoms with van der Waals surface area (Å²) >= 11 is 5.94. The van der Waals surface area contributed by atoms with Crippen LogP contribution < -0.4 is 0 Å². The van der Waals surface area contributed by atoms with Crippen LogP contribution in [0.1, 0.15) is 37.7 Å². The summed E-state index contributed by atoms with van der Waals surface area (Å²) in [5.41, 5.74) is 2.29. The molecule has 0 N–H and O–H groups in total. The van der Waals surface area contributed by atoms with E-state index in [1.165, 1.54) is 7.11 Å². The van der Waals surface area contributed by atoms with Crippen molar-refractivity contribution in [1.29, 1.82) is 0 Å². The monoisotopic (exact) mass is 472 g/mol. The van der Waals surface area contributed by atoms with Crippen LogP contribution in [0.25, 0.3) is 0 Å². The largest absolute Gasteiger partial charge is 0.497 e. The summed E-state index contributed by atoms with van der Waals surface area (Å²) in [6, 6.07) is 3.42. The van der Waals surface area contributed by atoms with Gasteiger partial charge in [-0.1, -0.05) is 43.0 Å². The van der Waals surface area contributed by atoms with Gasteiger partial charge >= 0.3 is 5.97 Å². The first-order valence-electron chi connectivity index (χ1n) is 10.8. The molecule has 3 rings (SSSR count). The van der Waals surface area contributed by atoms with Gasteiger partial charge in [0.1, 0.15) is 17.5 Å². The number of nitrogens with zero attached hydrogens (tertiary/aromatic N) is 2. The summed E-state index contributed by atoms with van der Waals surface area (Å²) in [5.74, 6) is -0.700. The smallest absolute Gasteiger partial charge is 0.336 e. The van der Waals surface area contributed by atoms with Crippen LogP contribution in [0.4, 0.5) is 0 Å². The van der Waals surface area contributed by atoms with Crippen LogP contribution in [-0.2, 0) is 23.8 Å². The van der Waals surface area contributed by atoms with Gasteiger partial charge in [0.2, 0.25) is 5.91 Å². The van der Waals surface area contributed by atoms with E-state index in [0.29, 0.717) is 40.9 Å². The molecule has 2 aliphatic heterocycles. The zero-order valence-electron chi connectivity index (χ0n) is 19.0. The van der Waals surface area contributed by atoms with E-state index in [9.17, 15) is 9.59 Å². The maximum atomic E-state index is 13.3. The van der Waals surface area contributed by atoms with Crippen molar-refractivity contribution >= 4 is 23.5 Å². The number of rotatable bonds is 9. The number of aromatic nitrogens is 1. The van der Waals surface area contributed by atoms with Gasteiger partial charge in [-0.3, -0.25) is 4.79 Å². The molecule has 176 valence electrons. The molecule has 7 nitrogen and oxygen atoms in total. The summed E-state index contributed by atoms with van der Waals surface area (Å²) < 4.78 is 16.5. The Morgan fingerprint density at radius 3 is 2.82 bits per heavy atom. The summed E-state index contributed by atoms with van der Waals surface area (Å²) in [6.07, 6.45) is 6.77. The first-order valence-corrected chi connectivity index (χ1v) is 11.2. The van der Waals surface area contributed by atoms with Gasteiger partial charge in [-0.15, -0.1) is 0 Å². The van der Waals surface area contributed by atoms with E-state index >= 15 is 0 Å². The summed E-state index contributed by atoms with van der Waals surface area (Å²) in [6.45, 7) is 10.3. The molecule has 0 bridgehead atoms. The van der Waals surface area contributed by atoms with Crippen LogP contribution in [0.5, 0.6) is 0 Å². The predicted molar refractivity (Wildman–Crippen MR) is 125 cm³/mol. The zero-order chi connectivity index (χ0) is 24.0. The third-order valence-corrected chi connectivity index (χ3v) is 6.11. The second-order valence-electron chi connectivity index (χ2n) is 7.94. The van der Waals surface area contributed by atoms with Gasteiger partial charge in [0, 0.05) is 36.4 Å². The van der Waals surface area contributed by atoms with Crippen molar-refractivity contribution in [2.75, 3.05) is 26.9 Å². The van der Waals surface area contributed by atoms with Crippen LogP contribution in [-0.4, -0.2) is 54.7 Å². The molecule has 1 saturated heterocycles. The molecular formula is C25H29ClN2O5. The Morgan fingerprint density at radius 2 is 2.21 bits per heavy atom. The van der Waals surface area contributed by atoms with Gasteiger partial charge < -0.3 is 19.1 Å². The number of methoxy groups -OCH3 is 1. The Hall–Kier alpha value is -2.90. The topological polar surface area (TPSA) is 78.0 Å². The molecule has 1 amide bonds. The summed E-state index contributed by atoms with van der Waals surface area (Å²) in [5, 5.41) is 0.336. The predicted octanol–water partition coefficient (Wildman–Crippen LogP) is 4.32. The molecule has 0 saturated carbocycles. The van der Waals surface area contributed by atoms with Crippen LogP contribution in [0, 0.1) is 0 Å². The summed E-state index contributed by atoms with van der Waals surface area (Å²) in [4.78, 5) is 32.2. The lowest BCUT2D eigenvalue weighted by Gasteiger charge is -2.35. The number of carbonyl (C=O) groups is 2. The fourth-order valence-electron chi connectivity index (χ4n) is 4.09. The lowest BCUT2D eigenvalue weighted by molar-refractivity contribution is -0.139. The maximum absolute atomic E-state index is 13.3. The number of carbonyl (C=O) groups excluding carboxylic acids is 2. The van der Waals surface area contributed by atoms with Gasteiger partial charge in [0.25, 0.3) is 0 Å². The molecule has 0 radical (unpaired) electrons. The van der Waals surface area contributed by atoms with Crippen LogP contribution in [0.15, 0.2) is 66.2 Å². The van der Waals surface area contributed by atoms with Crippen molar-refractivity contribution < 1.29 is 23.8 Å². The molecule has 1 aromatic rings. The van der Waals surface area contributed by atoms with Crippen molar-refractivity contribution in [3.05, 3.63) is 77.0 Å². The van der Waals surface area contributed by atoms with Crippen molar-refractivity contribution in [2.45, 2.75) is 38.2 Å². The Bertz CT molecular complexity index is 977. The Morgan fingerprint density at radius 1 is 1.42 bits per heavy atom. The SMILES string of the molecule is C=C/C=C(/COC(=O)C1=C(C)N(C[C@@H]2CCCO2)C(=O)C[C@H]1c1ccc(Cl)nc1)C(=C)OC. The third-order valence-electron chi connectivity index (χ3n) is 5.89. The normalized spacial score (nSPS) is 21.2. The Kier molecular flexibility index (Phi) is 8.47. The number of amides is 1. The zero-order valence-corrected chi connectivity index (χ0v) is 19.8. The third kappa shape index (κ3) is 5.92. The van der Waals surface area contributed by atoms with E-state index in [2.05, 4.69) is 18.1 Å². The minimum absolute atomic E-state index is 0.0397. The Balaban J connectivity index is 1.92. The van der Waals surface area contributed by atoms with Crippen LogP contribution >= 0.6 is 11.6 Å². The molecule has 2 aliphatic rings. The number of allylic oxidation sites excluding steroid dienone is 3. The molecule has 0 aromatic carbocycles. The molecule has 1 fully saturated rings. The molecule has 1 aromatic heterocycles. The minimum atomic E-state index is -0.517. The highest BCUT2D eigenvalue weighted by Gasteiger charge is 2.38. The van der Waals surface area contributed by atoms with Gasteiger partial charge in [0.05, 0.1) is 25.3 Å². The number of hydrogen-bond acceptors (Lipinski definition) is 6. The molecular weight excluding hydrogens is 444 g/mol. The standard InChI is InChI=1S/C25H29ClN2O5/c1-5-7-19(17(3)31-4)15-33-25(30)24-16(2)28(14-20-8-6-11-32-20)23(29)12-21(24)18-9-10-22(26)27-13-18/h5,7,9-10,13,20-21H,1,3,6,8,11-12,14-15H2,2,4H3/b19-7-/t20-,21-/m0/s1. The first-order chi connectivity index (χ1) is 15.8. The second-order valence-corrected chi connectivity index (χ2v) is 8.33. The van der Waals surface area contributed by atoms with E-state index in [4.69, 9.17) is 25.8 Å². The average molecular weight is 473 g/mol. The fourth-order valence-corrected chi connectivity index (χ4v) is 4.20. The van der Waals surface area contributed by atoms with E-state index in [-0.39, 0.29) is 25.0 Å². The maximum Gasteiger partial charge on any atom is 0.336 e. The molecule has 0 unspecified atom stereocenters. The number of pyridine rings is 1. The van der Waals surface area contributed by atoms with Gasteiger partial charge in [-0.05, 0) is 31.4 Å². The highest BCUT2D eigenvalue weighted by molar-refractivity contribution is 6.29. The van der Waals surface area contributed by atoms with Crippen molar-refractivity contribution in [3.8, 4) is 0 Å². The highest BCUT2D eigenvalue weighted by Crippen LogP contribution is 2.37. The second kappa shape index (κ2) is 11.3. The first kappa shape index (κ1) is 24.7. The molecule has 3 heterocycles. The van der Waals surface area contributed by atoms with Gasteiger partial charge in [-0.25, -0.2) is 9.78 Å². The average Bonchev–Trinajstić information content (AvgIpc) is 3.32. The number of hydrogen-bond donors (Lipinski definition) is 0. The van der Waals surface area contributed by atoms with Crippen LogP contribution in [0.3, 0.4) is 0 Å². The lowest BCUT2D eigenvalue weighted by Crippen LogP contribution is -2.42. The Labute approximate surface area is 199 Å². The number of ether oxygens (including phenoxy) is 3. The van der Waals surface area contributed by atoms with E-state index in [0.717, 1.165) is 18.4 Å². The highest BCUT2D eigenvalue weighted by atomic mass is 35.5. The van der Waals surface area contributed by atoms with E-state index < -0.39 is 11.9 Å². The van der Waals surface area contributed by atoms with Gasteiger partial charge in [0.15, 0.2) is 0 Å². The number of halogens is 1. The molecule has 33 heavy (non-hydrogen) atoms. The molecule has 0 spiro atoms. The van der Waals surface area contributed by atoms with E-state index in [1.807, 2.05) is 0 Å². The molecule has 2 atom stereocenters. The van der Waals surface area contributed by atoms with Crippen molar-refractivity contribution in [1.82, 2.24) is 9.88 Å². The minimum Gasteiger partial charge on any atom is -0.497 e. The fraction of sp³-hybridized carbons (Fsp3) is 0.400. The van der Waals surface area contributed by atoms with Gasteiger partial charge in [-0.2, -0.15) is 0 Å². The molecule has 8 heteroatoms. The van der Waals surface area contributed by atoms with E-state index in [1.54, 1.807) is 42.3 Å². The number of esters is 1. The lowest BCUT2D eigenvalue weighted by atomic mass is 9.84. The summed E-state index contributed by atoms with van der Waals surface area (Å²) in [7, 11) is 1.49. The quantitative estimate of drug-likeness (QED) is 0.230. The van der Waals surface area contributed by atoms with Crippen LogP contribution in [0.2, 0.25) is 5.15 Å². The van der Waals surface area contributed by atoms with Crippen molar-refractivity contribution in [2.24, 2.45) is 0 Å².